The van der Waals surface area contributed by atoms with Crippen molar-refractivity contribution in [2.75, 3.05) is 59.1 Å². The molecule has 7 nitrogen and oxygen atoms in total. The molecule has 1 aromatic carbocycles. The molecule has 0 atom stereocenters. The van der Waals surface area contributed by atoms with Gasteiger partial charge in [0.15, 0.2) is 17.5 Å². The Bertz CT molecular complexity index is 515. The lowest BCUT2D eigenvalue weighted by Gasteiger charge is -2.14. The fourth-order valence-electron chi connectivity index (χ4n) is 2.07. The van der Waals surface area contributed by atoms with Crippen LogP contribution >= 0.6 is 24.0 Å². The number of methoxy groups -OCH3 is 2. The molecular formula is C18H32IN3O4. The molecular weight excluding hydrogens is 449 g/mol. The van der Waals surface area contributed by atoms with Crippen molar-refractivity contribution in [2.24, 2.45) is 4.99 Å². The van der Waals surface area contributed by atoms with E-state index >= 15 is 0 Å². The Morgan fingerprint density at radius 1 is 1.08 bits per heavy atom. The molecule has 26 heavy (non-hydrogen) atoms. The number of hydrogen-bond donors (Lipinski definition) is 2. The summed E-state index contributed by atoms with van der Waals surface area (Å²) in [6, 6.07) is 5.71. The number of ether oxygens (including phenoxy) is 4. The van der Waals surface area contributed by atoms with Crippen molar-refractivity contribution in [3.8, 4) is 11.5 Å². The van der Waals surface area contributed by atoms with Gasteiger partial charge in [0.25, 0.3) is 0 Å². The first-order chi connectivity index (χ1) is 12.2. The lowest BCUT2D eigenvalue weighted by Crippen LogP contribution is -2.30. The summed E-state index contributed by atoms with van der Waals surface area (Å²) in [5.41, 5.74) is 0.889. The van der Waals surface area contributed by atoms with Crippen LogP contribution in [-0.2, 0) is 9.47 Å². The van der Waals surface area contributed by atoms with Crippen molar-refractivity contribution >= 4 is 35.6 Å². The molecule has 0 unspecified atom stereocenters. The Labute approximate surface area is 173 Å². The number of nitrogens with zero attached hydrogens (tertiary/aromatic N) is 1. The maximum Gasteiger partial charge on any atom is 0.195 e. The monoisotopic (exact) mass is 481 g/mol. The Morgan fingerprint density at radius 2 is 1.88 bits per heavy atom. The van der Waals surface area contributed by atoms with E-state index in [1.165, 1.54) is 0 Å². The van der Waals surface area contributed by atoms with Gasteiger partial charge in [-0.15, -0.1) is 24.0 Å². The van der Waals surface area contributed by atoms with Crippen LogP contribution in [-0.4, -0.2) is 59.7 Å². The average Bonchev–Trinajstić information content (AvgIpc) is 2.61. The predicted octanol–water partition coefficient (Wildman–Crippen LogP) is 3.14. The summed E-state index contributed by atoms with van der Waals surface area (Å²) in [5.74, 6) is 2.15. The molecule has 2 N–H and O–H groups in total. The number of benzene rings is 1. The summed E-state index contributed by atoms with van der Waals surface area (Å²) in [6.07, 6.45) is 0.854. The molecule has 0 fully saturated rings. The molecule has 0 saturated carbocycles. The number of aliphatic imine (C=N–C) groups is 1. The molecule has 0 aliphatic heterocycles. The summed E-state index contributed by atoms with van der Waals surface area (Å²) in [4.78, 5) is 4.56. The highest BCUT2D eigenvalue weighted by Gasteiger charge is 2.06. The minimum absolute atomic E-state index is 0. The molecule has 1 aromatic rings. The molecule has 0 saturated heterocycles. The van der Waals surface area contributed by atoms with Crippen LogP contribution in [0.15, 0.2) is 23.2 Å². The highest BCUT2D eigenvalue weighted by Crippen LogP contribution is 2.30. The Hall–Kier alpha value is -1.26. The van der Waals surface area contributed by atoms with Gasteiger partial charge in [0.05, 0.1) is 26.9 Å². The summed E-state index contributed by atoms with van der Waals surface area (Å²) >= 11 is 0. The molecule has 1 rings (SSSR count). The Kier molecular flexibility index (Phi) is 15.2. The van der Waals surface area contributed by atoms with Crippen molar-refractivity contribution in [2.45, 2.75) is 20.3 Å². The maximum atomic E-state index is 5.60. The van der Waals surface area contributed by atoms with Gasteiger partial charge in [-0.1, -0.05) is 0 Å². The SMILES string of the molecule is CCNC(=NCCCOCCOC)Nc1ccc(OC)c(OCC)c1.I. The molecule has 150 valence electrons. The third-order valence-electron chi connectivity index (χ3n) is 3.22. The topological polar surface area (TPSA) is 73.3 Å². The van der Waals surface area contributed by atoms with Crippen molar-refractivity contribution in [3.05, 3.63) is 18.2 Å². The fourth-order valence-corrected chi connectivity index (χ4v) is 2.07. The van der Waals surface area contributed by atoms with Crippen LogP contribution in [0.4, 0.5) is 5.69 Å². The lowest BCUT2D eigenvalue weighted by atomic mass is 10.2. The summed E-state index contributed by atoms with van der Waals surface area (Å²) in [5, 5.41) is 6.51. The van der Waals surface area contributed by atoms with Gasteiger partial charge in [0.2, 0.25) is 0 Å². The van der Waals surface area contributed by atoms with E-state index in [4.69, 9.17) is 18.9 Å². The van der Waals surface area contributed by atoms with Crippen LogP contribution in [0.25, 0.3) is 0 Å². The van der Waals surface area contributed by atoms with E-state index in [0.717, 1.165) is 24.6 Å². The standard InChI is InChI=1S/C18H31N3O4.HI/c1-5-19-18(20-10-7-11-24-13-12-22-3)21-15-8-9-16(23-4)17(14-15)25-6-2;/h8-9,14H,5-7,10-13H2,1-4H3,(H2,19,20,21);1H. The average molecular weight is 481 g/mol. The van der Waals surface area contributed by atoms with Crippen LogP contribution in [0.1, 0.15) is 20.3 Å². The van der Waals surface area contributed by atoms with Crippen molar-refractivity contribution in [1.29, 1.82) is 0 Å². The van der Waals surface area contributed by atoms with Gasteiger partial charge < -0.3 is 29.6 Å². The Morgan fingerprint density at radius 3 is 2.54 bits per heavy atom. The van der Waals surface area contributed by atoms with Crippen LogP contribution in [0, 0.1) is 0 Å². The highest BCUT2D eigenvalue weighted by atomic mass is 127. The van der Waals surface area contributed by atoms with E-state index in [1.807, 2.05) is 32.0 Å². The molecule has 0 aliphatic rings. The number of anilines is 1. The second-order valence-corrected chi connectivity index (χ2v) is 5.14. The smallest absolute Gasteiger partial charge is 0.195 e. The fraction of sp³-hybridized carbons (Fsp3) is 0.611. The molecule has 0 aromatic heterocycles. The zero-order valence-electron chi connectivity index (χ0n) is 16.2. The van der Waals surface area contributed by atoms with Gasteiger partial charge in [-0.05, 0) is 32.4 Å². The highest BCUT2D eigenvalue weighted by molar-refractivity contribution is 14.0. The quantitative estimate of drug-likeness (QED) is 0.207. The summed E-state index contributed by atoms with van der Waals surface area (Å²) in [6.45, 7) is 7.92. The summed E-state index contributed by atoms with van der Waals surface area (Å²) < 4.78 is 21.3. The van der Waals surface area contributed by atoms with Gasteiger partial charge >= 0.3 is 0 Å². The van der Waals surface area contributed by atoms with Crippen LogP contribution in [0.3, 0.4) is 0 Å². The van der Waals surface area contributed by atoms with Gasteiger partial charge in [-0.2, -0.15) is 0 Å². The van der Waals surface area contributed by atoms with E-state index in [0.29, 0.717) is 44.5 Å². The first-order valence-corrected chi connectivity index (χ1v) is 8.68. The molecule has 0 radical (unpaired) electrons. The van der Waals surface area contributed by atoms with Gasteiger partial charge in [0, 0.05) is 38.6 Å². The van der Waals surface area contributed by atoms with E-state index in [2.05, 4.69) is 15.6 Å². The molecule has 0 amide bonds. The third kappa shape index (κ3) is 10.0. The van der Waals surface area contributed by atoms with Crippen LogP contribution in [0.5, 0.6) is 11.5 Å². The zero-order valence-corrected chi connectivity index (χ0v) is 18.5. The molecule has 0 spiro atoms. The molecule has 0 heterocycles. The summed E-state index contributed by atoms with van der Waals surface area (Å²) in [7, 11) is 3.29. The lowest BCUT2D eigenvalue weighted by molar-refractivity contribution is 0.0702. The predicted molar refractivity (Wildman–Crippen MR) is 116 cm³/mol. The van der Waals surface area contributed by atoms with Gasteiger partial charge in [-0.25, -0.2) is 0 Å². The van der Waals surface area contributed by atoms with E-state index in [1.54, 1.807) is 14.2 Å². The van der Waals surface area contributed by atoms with E-state index in [9.17, 15) is 0 Å². The number of halogens is 1. The molecule has 0 aliphatic carbocycles. The maximum absolute atomic E-state index is 5.60. The normalized spacial score (nSPS) is 10.8. The largest absolute Gasteiger partial charge is 0.493 e. The first kappa shape index (κ1) is 24.7. The van der Waals surface area contributed by atoms with Gasteiger partial charge in [-0.3, -0.25) is 4.99 Å². The van der Waals surface area contributed by atoms with E-state index < -0.39 is 0 Å². The second kappa shape index (κ2) is 16.0. The number of nitrogens with one attached hydrogen (secondary N) is 2. The molecule has 8 heteroatoms. The second-order valence-electron chi connectivity index (χ2n) is 5.14. The van der Waals surface area contributed by atoms with Crippen molar-refractivity contribution < 1.29 is 18.9 Å². The van der Waals surface area contributed by atoms with E-state index in [-0.39, 0.29) is 24.0 Å². The van der Waals surface area contributed by atoms with Gasteiger partial charge in [0.1, 0.15) is 0 Å². The number of guanidine groups is 1. The molecule has 0 bridgehead atoms. The zero-order chi connectivity index (χ0) is 18.3. The Balaban J connectivity index is 0.00000625. The minimum Gasteiger partial charge on any atom is -0.493 e. The number of hydrogen-bond acceptors (Lipinski definition) is 5. The van der Waals surface area contributed by atoms with Crippen LogP contribution < -0.4 is 20.1 Å². The third-order valence-corrected chi connectivity index (χ3v) is 3.22. The van der Waals surface area contributed by atoms with Crippen molar-refractivity contribution in [3.63, 3.8) is 0 Å². The minimum atomic E-state index is 0. The number of rotatable bonds is 12. The first-order valence-electron chi connectivity index (χ1n) is 8.68. The van der Waals surface area contributed by atoms with Crippen LogP contribution in [0.2, 0.25) is 0 Å². The van der Waals surface area contributed by atoms with Crippen molar-refractivity contribution in [1.82, 2.24) is 5.32 Å².